The first-order valence-corrected chi connectivity index (χ1v) is 8.93. The molecule has 0 aromatic heterocycles. The molecule has 23 heavy (non-hydrogen) atoms. The van der Waals surface area contributed by atoms with Gasteiger partial charge in [0.1, 0.15) is 0 Å². The lowest BCUT2D eigenvalue weighted by atomic mass is 9.94. The lowest BCUT2D eigenvalue weighted by Crippen LogP contribution is -2.39. The van der Waals surface area contributed by atoms with Gasteiger partial charge in [-0.05, 0) is 64.7 Å². The van der Waals surface area contributed by atoms with Crippen molar-refractivity contribution < 1.29 is 0 Å². The highest BCUT2D eigenvalue weighted by molar-refractivity contribution is 5.79. The fourth-order valence-electron chi connectivity index (χ4n) is 3.07. The summed E-state index contributed by atoms with van der Waals surface area (Å²) in [5.74, 6) is 1.79. The van der Waals surface area contributed by atoms with E-state index in [0.717, 1.165) is 31.5 Å². The van der Waals surface area contributed by atoms with Crippen LogP contribution in [-0.4, -0.2) is 44.1 Å². The predicted octanol–water partition coefficient (Wildman–Crippen LogP) is 2.78. The van der Waals surface area contributed by atoms with E-state index in [4.69, 9.17) is 4.99 Å². The van der Waals surface area contributed by atoms with Gasteiger partial charge < -0.3 is 15.5 Å². The molecule has 0 radical (unpaired) electrons. The maximum absolute atomic E-state index is 4.71. The molecular formula is C19H32N4. The molecule has 1 heterocycles. The highest BCUT2D eigenvalue weighted by Crippen LogP contribution is 2.18. The molecule has 0 unspecified atom stereocenters. The van der Waals surface area contributed by atoms with Crippen molar-refractivity contribution in [1.29, 1.82) is 0 Å². The number of nitrogens with zero attached hydrogens (tertiary/aromatic N) is 2. The zero-order valence-electron chi connectivity index (χ0n) is 14.9. The fourth-order valence-corrected chi connectivity index (χ4v) is 3.07. The number of rotatable bonds is 6. The van der Waals surface area contributed by atoms with Crippen LogP contribution in [0.2, 0.25) is 0 Å². The number of guanidine groups is 1. The number of piperidine rings is 1. The topological polar surface area (TPSA) is 39.7 Å². The first kappa shape index (κ1) is 17.8. The summed E-state index contributed by atoms with van der Waals surface area (Å²) in [7, 11) is 2.22. The SMILES string of the molecule is CCNC(=NCc1cccc(C)c1)NCCC1CCN(C)CC1. The molecule has 1 fully saturated rings. The van der Waals surface area contributed by atoms with Gasteiger partial charge in [0.2, 0.25) is 0 Å². The second-order valence-electron chi connectivity index (χ2n) is 6.65. The van der Waals surface area contributed by atoms with Crippen molar-refractivity contribution in [3.05, 3.63) is 35.4 Å². The Balaban J connectivity index is 1.77. The Morgan fingerprint density at radius 3 is 2.74 bits per heavy atom. The number of aliphatic imine (C=N–C) groups is 1. The molecule has 0 bridgehead atoms. The van der Waals surface area contributed by atoms with Crippen molar-refractivity contribution in [3.63, 3.8) is 0 Å². The molecule has 1 aliphatic rings. The summed E-state index contributed by atoms with van der Waals surface area (Å²) in [6.07, 6.45) is 3.90. The Hall–Kier alpha value is -1.55. The first-order chi connectivity index (χ1) is 11.2. The minimum Gasteiger partial charge on any atom is -0.357 e. The van der Waals surface area contributed by atoms with Crippen LogP contribution in [0.4, 0.5) is 0 Å². The maximum atomic E-state index is 4.71. The van der Waals surface area contributed by atoms with Crippen LogP contribution in [0, 0.1) is 12.8 Å². The largest absolute Gasteiger partial charge is 0.357 e. The Morgan fingerprint density at radius 1 is 1.26 bits per heavy atom. The Kier molecular flexibility index (Phi) is 7.40. The van der Waals surface area contributed by atoms with E-state index in [1.165, 1.54) is 43.5 Å². The van der Waals surface area contributed by atoms with Crippen LogP contribution in [-0.2, 0) is 6.54 Å². The predicted molar refractivity (Wildman–Crippen MR) is 98.8 cm³/mol. The van der Waals surface area contributed by atoms with Crippen molar-refractivity contribution in [2.45, 2.75) is 39.7 Å². The van der Waals surface area contributed by atoms with E-state index in [1.807, 2.05) is 0 Å². The minimum absolute atomic E-state index is 0.727. The van der Waals surface area contributed by atoms with E-state index in [9.17, 15) is 0 Å². The zero-order chi connectivity index (χ0) is 16.5. The number of nitrogens with one attached hydrogen (secondary N) is 2. The second kappa shape index (κ2) is 9.56. The van der Waals surface area contributed by atoms with Gasteiger partial charge in [0.15, 0.2) is 5.96 Å². The molecule has 1 aliphatic heterocycles. The minimum atomic E-state index is 0.727. The van der Waals surface area contributed by atoms with Gasteiger partial charge >= 0.3 is 0 Å². The van der Waals surface area contributed by atoms with Crippen LogP contribution in [0.3, 0.4) is 0 Å². The average Bonchev–Trinajstić information content (AvgIpc) is 2.54. The maximum Gasteiger partial charge on any atom is 0.191 e. The third kappa shape index (κ3) is 6.61. The zero-order valence-corrected chi connectivity index (χ0v) is 14.9. The highest BCUT2D eigenvalue weighted by atomic mass is 15.2. The number of aryl methyl sites for hydroxylation is 1. The third-order valence-corrected chi connectivity index (χ3v) is 4.53. The van der Waals surface area contributed by atoms with Gasteiger partial charge in [-0.1, -0.05) is 29.8 Å². The van der Waals surface area contributed by atoms with Crippen LogP contribution in [0.1, 0.15) is 37.3 Å². The van der Waals surface area contributed by atoms with Gasteiger partial charge in [0, 0.05) is 13.1 Å². The standard InChI is InChI=1S/C19H32N4/c1-4-20-19(22-15-18-7-5-6-16(2)14-18)21-11-8-17-9-12-23(3)13-10-17/h5-7,14,17H,4,8-13,15H2,1-3H3,(H2,20,21,22). The van der Waals surface area contributed by atoms with E-state index in [-0.39, 0.29) is 0 Å². The highest BCUT2D eigenvalue weighted by Gasteiger charge is 2.16. The number of hydrogen-bond donors (Lipinski definition) is 2. The summed E-state index contributed by atoms with van der Waals surface area (Å²) in [5.41, 5.74) is 2.55. The third-order valence-electron chi connectivity index (χ3n) is 4.53. The lowest BCUT2D eigenvalue weighted by Gasteiger charge is -2.29. The lowest BCUT2D eigenvalue weighted by molar-refractivity contribution is 0.213. The Labute approximate surface area is 141 Å². The van der Waals surface area contributed by atoms with Crippen molar-refractivity contribution in [2.75, 3.05) is 33.2 Å². The van der Waals surface area contributed by atoms with Gasteiger partial charge in [-0.15, -0.1) is 0 Å². The summed E-state index contributed by atoms with van der Waals surface area (Å²) < 4.78 is 0. The molecule has 0 aliphatic carbocycles. The molecule has 1 aromatic rings. The van der Waals surface area contributed by atoms with Crippen LogP contribution in [0.25, 0.3) is 0 Å². The number of benzene rings is 1. The van der Waals surface area contributed by atoms with E-state index < -0.39 is 0 Å². The molecule has 0 saturated carbocycles. The number of likely N-dealkylation sites (tertiary alicyclic amines) is 1. The van der Waals surface area contributed by atoms with Crippen LogP contribution < -0.4 is 10.6 Å². The molecule has 4 nitrogen and oxygen atoms in total. The molecule has 2 rings (SSSR count). The molecule has 1 aromatic carbocycles. The normalized spacial score (nSPS) is 17.3. The molecule has 1 saturated heterocycles. The van der Waals surface area contributed by atoms with Gasteiger partial charge in [-0.3, -0.25) is 0 Å². The molecule has 128 valence electrons. The Morgan fingerprint density at radius 2 is 2.04 bits per heavy atom. The van der Waals surface area contributed by atoms with Crippen molar-refractivity contribution in [1.82, 2.24) is 15.5 Å². The van der Waals surface area contributed by atoms with Crippen molar-refractivity contribution >= 4 is 5.96 Å². The summed E-state index contributed by atoms with van der Waals surface area (Å²) in [6, 6.07) is 8.56. The van der Waals surface area contributed by atoms with E-state index in [1.54, 1.807) is 0 Å². The fraction of sp³-hybridized carbons (Fsp3) is 0.632. The Bertz CT molecular complexity index is 490. The monoisotopic (exact) mass is 316 g/mol. The second-order valence-corrected chi connectivity index (χ2v) is 6.65. The summed E-state index contributed by atoms with van der Waals surface area (Å²) in [4.78, 5) is 7.13. The van der Waals surface area contributed by atoms with Crippen molar-refractivity contribution in [2.24, 2.45) is 10.9 Å². The molecule has 4 heteroatoms. The molecule has 2 N–H and O–H groups in total. The first-order valence-electron chi connectivity index (χ1n) is 8.93. The van der Waals surface area contributed by atoms with E-state index >= 15 is 0 Å². The van der Waals surface area contributed by atoms with E-state index in [2.05, 4.69) is 60.7 Å². The van der Waals surface area contributed by atoms with Gasteiger partial charge in [0.05, 0.1) is 6.54 Å². The smallest absolute Gasteiger partial charge is 0.191 e. The van der Waals surface area contributed by atoms with Gasteiger partial charge in [-0.25, -0.2) is 4.99 Å². The van der Waals surface area contributed by atoms with Gasteiger partial charge in [-0.2, -0.15) is 0 Å². The van der Waals surface area contributed by atoms with Gasteiger partial charge in [0.25, 0.3) is 0 Å². The summed E-state index contributed by atoms with van der Waals surface area (Å²) in [5, 5.41) is 6.83. The van der Waals surface area contributed by atoms with Crippen LogP contribution >= 0.6 is 0 Å². The quantitative estimate of drug-likeness (QED) is 0.626. The average molecular weight is 316 g/mol. The van der Waals surface area contributed by atoms with E-state index in [0.29, 0.717) is 0 Å². The summed E-state index contributed by atoms with van der Waals surface area (Å²) >= 11 is 0. The molecule has 0 atom stereocenters. The van der Waals surface area contributed by atoms with Crippen LogP contribution in [0.5, 0.6) is 0 Å². The molecule has 0 spiro atoms. The molecule has 0 amide bonds. The van der Waals surface area contributed by atoms with Crippen molar-refractivity contribution in [3.8, 4) is 0 Å². The van der Waals surface area contributed by atoms with Crippen LogP contribution in [0.15, 0.2) is 29.3 Å². The number of hydrogen-bond acceptors (Lipinski definition) is 2. The molecular weight excluding hydrogens is 284 g/mol. The summed E-state index contributed by atoms with van der Waals surface area (Å²) in [6.45, 7) is 9.35.